The van der Waals surface area contributed by atoms with Gasteiger partial charge in [0, 0.05) is 25.0 Å². The standard InChI is InChI=1S/C32H38O15/c1-15-5-19-9-21(34)11-24(36)29(19)32(42)46-18(4)8-27(39)47-23(14-33)13-28(40)44-16(2)6-20-10-22(35)12-25(37)30(20)31(41)45-17(3)7-26(38)43-15/h9-12,15-18,23,33-37H,5-8,13-14H2,1-4H3/t15-,16-,17-,18-,23?/m1/s1. The Hall–Kier alpha value is -5.05. The molecule has 3 rings (SSSR count). The summed E-state index contributed by atoms with van der Waals surface area (Å²) >= 11 is 0. The third-order valence-corrected chi connectivity index (χ3v) is 6.88. The van der Waals surface area contributed by atoms with Crippen LogP contribution in [0.2, 0.25) is 0 Å². The Morgan fingerprint density at radius 3 is 1.30 bits per heavy atom. The van der Waals surface area contributed by atoms with Crippen molar-refractivity contribution >= 4 is 29.8 Å². The number of aliphatic hydroxyl groups is 1. The quantitative estimate of drug-likeness (QED) is 0.218. The number of fused-ring (bicyclic) bond motifs is 2. The third-order valence-electron chi connectivity index (χ3n) is 6.88. The maximum Gasteiger partial charge on any atom is 0.342 e. The number of carbonyl (C=O) groups excluding carboxylic acids is 5. The first kappa shape index (κ1) is 36.4. The van der Waals surface area contributed by atoms with Gasteiger partial charge in [-0.2, -0.15) is 0 Å². The molecule has 15 heteroatoms. The van der Waals surface area contributed by atoms with Crippen molar-refractivity contribution in [1.82, 2.24) is 0 Å². The summed E-state index contributed by atoms with van der Waals surface area (Å²) < 4.78 is 26.5. The summed E-state index contributed by atoms with van der Waals surface area (Å²) in [6.45, 7) is 4.98. The van der Waals surface area contributed by atoms with E-state index in [1.165, 1.54) is 39.8 Å². The molecule has 0 saturated heterocycles. The van der Waals surface area contributed by atoms with E-state index in [1.54, 1.807) is 0 Å². The molecule has 2 aromatic carbocycles. The van der Waals surface area contributed by atoms with Crippen molar-refractivity contribution in [2.24, 2.45) is 0 Å². The second-order valence-corrected chi connectivity index (χ2v) is 11.3. The minimum absolute atomic E-state index is 0.0555. The average molecular weight is 663 g/mol. The zero-order chi connectivity index (χ0) is 35.0. The first-order valence-corrected chi connectivity index (χ1v) is 14.8. The summed E-state index contributed by atoms with van der Waals surface area (Å²) in [6.07, 6.45) is -7.13. The van der Waals surface area contributed by atoms with Crippen LogP contribution in [0.4, 0.5) is 0 Å². The molecule has 5 N–H and O–H groups in total. The summed E-state index contributed by atoms with van der Waals surface area (Å²) in [5.74, 6) is -6.75. The highest BCUT2D eigenvalue weighted by atomic mass is 16.6. The van der Waals surface area contributed by atoms with Crippen LogP contribution in [0, 0.1) is 0 Å². The van der Waals surface area contributed by atoms with Gasteiger partial charge in [-0.15, -0.1) is 0 Å². The van der Waals surface area contributed by atoms with Crippen molar-refractivity contribution in [2.45, 2.75) is 90.3 Å². The summed E-state index contributed by atoms with van der Waals surface area (Å²) in [7, 11) is 0. The van der Waals surface area contributed by atoms with Gasteiger partial charge in [-0.1, -0.05) is 0 Å². The third kappa shape index (κ3) is 10.5. The number of aromatic hydroxyl groups is 4. The van der Waals surface area contributed by atoms with Crippen molar-refractivity contribution in [3.8, 4) is 23.0 Å². The molecule has 2 aromatic rings. The predicted octanol–water partition coefficient (Wildman–Crippen LogP) is 2.34. The molecular weight excluding hydrogens is 624 g/mol. The Morgan fingerprint density at radius 2 is 0.894 bits per heavy atom. The average Bonchev–Trinajstić information content (AvgIpc) is 2.90. The molecule has 0 aromatic heterocycles. The SMILES string of the molecule is C[C@@H]1Cc2cc(O)cc(O)c2C(=O)O[C@H](C)CC(=O)OC(CO)CC(=O)O[C@H](C)Cc2cc(O)cc(O)c2C(=O)O[C@H](C)CC(=O)O1. The Balaban J connectivity index is 1.92. The second kappa shape index (κ2) is 16.0. The Labute approximate surface area is 269 Å². The number of cyclic esters (lactones) is 5. The summed E-state index contributed by atoms with van der Waals surface area (Å²) in [6, 6.07) is 4.16. The van der Waals surface area contributed by atoms with Crippen LogP contribution in [0.15, 0.2) is 24.3 Å². The second-order valence-electron chi connectivity index (χ2n) is 11.3. The van der Waals surface area contributed by atoms with Crippen LogP contribution in [0.3, 0.4) is 0 Å². The largest absolute Gasteiger partial charge is 0.508 e. The molecule has 0 saturated carbocycles. The molecule has 0 amide bonds. The van der Waals surface area contributed by atoms with E-state index in [4.69, 9.17) is 23.7 Å². The van der Waals surface area contributed by atoms with Crippen LogP contribution in [0.25, 0.3) is 0 Å². The van der Waals surface area contributed by atoms with Crippen LogP contribution in [0.5, 0.6) is 23.0 Å². The fourth-order valence-corrected chi connectivity index (χ4v) is 4.98. The molecule has 0 fully saturated rings. The number of phenolic OH excluding ortho intramolecular Hbond substituents is 4. The monoisotopic (exact) mass is 662 g/mol. The van der Waals surface area contributed by atoms with Gasteiger partial charge in [0.2, 0.25) is 0 Å². The van der Waals surface area contributed by atoms with Gasteiger partial charge in [-0.05, 0) is 51.0 Å². The number of phenols is 4. The van der Waals surface area contributed by atoms with Crippen molar-refractivity contribution in [3.05, 3.63) is 46.5 Å². The zero-order valence-electron chi connectivity index (χ0n) is 26.3. The summed E-state index contributed by atoms with van der Waals surface area (Å²) in [4.78, 5) is 63.9. The molecule has 1 aliphatic rings. The highest BCUT2D eigenvalue weighted by Gasteiger charge is 2.28. The first-order valence-electron chi connectivity index (χ1n) is 14.8. The van der Waals surface area contributed by atoms with Gasteiger partial charge in [0.05, 0.1) is 25.9 Å². The van der Waals surface area contributed by atoms with Gasteiger partial charge in [-0.25, -0.2) is 9.59 Å². The van der Waals surface area contributed by atoms with E-state index in [0.29, 0.717) is 0 Å². The Kier molecular flexibility index (Phi) is 12.4. The predicted molar refractivity (Wildman–Crippen MR) is 159 cm³/mol. The van der Waals surface area contributed by atoms with Crippen LogP contribution >= 0.6 is 0 Å². The molecular formula is C32H38O15. The topological polar surface area (TPSA) is 233 Å². The molecule has 0 bridgehead atoms. The number of rotatable bonds is 1. The van der Waals surface area contributed by atoms with E-state index in [9.17, 15) is 49.5 Å². The van der Waals surface area contributed by atoms with Gasteiger partial charge in [-0.3, -0.25) is 14.4 Å². The van der Waals surface area contributed by atoms with Crippen molar-refractivity contribution in [3.63, 3.8) is 0 Å². The lowest BCUT2D eigenvalue weighted by molar-refractivity contribution is -0.160. The summed E-state index contributed by atoms with van der Waals surface area (Å²) in [5, 5.41) is 50.7. The van der Waals surface area contributed by atoms with Crippen LogP contribution in [0.1, 0.15) is 78.8 Å². The number of esters is 5. The highest BCUT2D eigenvalue weighted by molar-refractivity contribution is 5.95. The molecule has 5 atom stereocenters. The molecule has 1 unspecified atom stereocenters. The van der Waals surface area contributed by atoms with E-state index in [0.717, 1.165) is 12.1 Å². The van der Waals surface area contributed by atoms with Crippen LogP contribution in [-0.2, 0) is 50.9 Å². The fourth-order valence-electron chi connectivity index (χ4n) is 4.98. The number of hydrogen-bond acceptors (Lipinski definition) is 15. The Bertz CT molecular complexity index is 1500. The van der Waals surface area contributed by atoms with Crippen molar-refractivity contribution in [1.29, 1.82) is 0 Å². The molecule has 1 heterocycles. The molecule has 15 nitrogen and oxygen atoms in total. The van der Waals surface area contributed by atoms with E-state index in [2.05, 4.69) is 0 Å². The highest BCUT2D eigenvalue weighted by Crippen LogP contribution is 2.31. The lowest BCUT2D eigenvalue weighted by Crippen LogP contribution is -2.30. The van der Waals surface area contributed by atoms with E-state index >= 15 is 0 Å². The fraction of sp³-hybridized carbons (Fsp3) is 0.469. The van der Waals surface area contributed by atoms with Gasteiger partial charge in [0.25, 0.3) is 0 Å². The van der Waals surface area contributed by atoms with Gasteiger partial charge in [0.15, 0.2) is 0 Å². The molecule has 0 aliphatic carbocycles. The number of hydrogen-bond donors (Lipinski definition) is 5. The lowest BCUT2D eigenvalue weighted by atomic mass is 10.00. The van der Waals surface area contributed by atoms with Crippen molar-refractivity contribution < 1.29 is 73.2 Å². The van der Waals surface area contributed by atoms with Gasteiger partial charge in [0.1, 0.15) is 64.6 Å². The lowest BCUT2D eigenvalue weighted by Gasteiger charge is -2.21. The maximum atomic E-state index is 13.1. The normalized spacial score (nSPS) is 24.3. The van der Waals surface area contributed by atoms with Gasteiger partial charge < -0.3 is 49.2 Å². The van der Waals surface area contributed by atoms with Crippen LogP contribution in [-0.4, -0.2) is 92.5 Å². The zero-order valence-corrected chi connectivity index (χ0v) is 26.3. The van der Waals surface area contributed by atoms with Crippen molar-refractivity contribution in [2.75, 3.05) is 6.61 Å². The van der Waals surface area contributed by atoms with E-state index < -0.39 is 103 Å². The number of carbonyl (C=O) groups is 5. The van der Waals surface area contributed by atoms with Crippen LogP contribution < -0.4 is 0 Å². The van der Waals surface area contributed by atoms with E-state index in [-0.39, 0.29) is 40.8 Å². The smallest absolute Gasteiger partial charge is 0.342 e. The maximum absolute atomic E-state index is 13.1. The minimum atomic E-state index is -1.32. The summed E-state index contributed by atoms with van der Waals surface area (Å²) in [5.41, 5.74) is -0.574. The molecule has 47 heavy (non-hydrogen) atoms. The minimum Gasteiger partial charge on any atom is -0.508 e. The molecule has 256 valence electrons. The van der Waals surface area contributed by atoms with E-state index in [1.807, 2.05) is 0 Å². The molecule has 1 aliphatic heterocycles. The van der Waals surface area contributed by atoms with Gasteiger partial charge >= 0.3 is 29.8 Å². The molecule has 0 spiro atoms. The number of aliphatic hydroxyl groups excluding tert-OH is 1. The first-order chi connectivity index (χ1) is 22.1. The molecule has 0 radical (unpaired) electrons. The Morgan fingerprint density at radius 1 is 0.532 bits per heavy atom. The number of benzene rings is 2. The number of ether oxygens (including phenoxy) is 5.